The summed E-state index contributed by atoms with van der Waals surface area (Å²) in [7, 11) is 2.97. The average molecular weight is 1560 g/mol. The third-order valence-corrected chi connectivity index (χ3v) is 23.2. The van der Waals surface area contributed by atoms with E-state index >= 15 is 0 Å². The molecule has 10 rings (SSSR count). The fourth-order valence-electron chi connectivity index (χ4n) is 17.1. The molecular formula is C84H107N11O18. The van der Waals surface area contributed by atoms with E-state index in [0.29, 0.717) is 73.9 Å². The molecule has 0 spiro atoms. The first kappa shape index (κ1) is 84.9. The topological polar surface area (TPSA) is 390 Å². The first-order valence-corrected chi connectivity index (χ1v) is 39.4. The molecule has 29 heteroatoms. The van der Waals surface area contributed by atoms with Crippen LogP contribution in [0.2, 0.25) is 0 Å². The van der Waals surface area contributed by atoms with Crippen molar-refractivity contribution in [3.8, 4) is 11.8 Å². The van der Waals surface area contributed by atoms with E-state index in [9.17, 15) is 67.4 Å². The number of imide groups is 1. The Kier molecular flexibility index (Phi) is 28.8. The number of aliphatic hydroxyl groups is 1. The molecule has 12 amide bonds. The minimum atomic E-state index is -1.49. The minimum absolute atomic E-state index is 0.00167. The van der Waals surface area contributed by atoms with Crippen LogP contribution in [-0.4, -0.2) is 192 Å². The molecule has 9 N–H and O–H groups in total. The number of amides is 12. The Labute approximate surface area is 659 Å². The molecule has 3 aromatic carbocycles. The van der Waals surface area contributed by atoms with Crippen molar-refractivity contribution >= 4 is 88.4 Å². The molecule has 1 unspecified atom stereocenters. The standard InChI is InChI=1S/C84H107N11O18/c1-8-19-73-112-67-47-61-60-34-31-57-46-59(96)39-40-82(57,4)74(60)65(97)48-83(61,5)84(67,113-73)66(98)51-111-81(109)93(7)45-44-92(6)80(108)110-50-53-27-32-58(33-28-53)88-76(104)63(24-18-42-87-79(85)107)90-78(106)75(52(2)3)91-77(105)62(89-69(100)26-10-9-17-43-94-70(101)37-38-71(94)102)23-15-16-41-86-68(99)35-36-72(103)95-49-56-22-12-11-20-54(56)29-30-55-21-13-14-25-64(55)95/h11-14,20-22,25,27-28,32-33,37-40,46,52,60-63,65,67,73-75,97H,8-10,15-19,23-24,26,31,34-36,41-45,47-51H2,1-7H3,(H,86,99)(H,88,104)(H,89,100)(H,90,106)(H,91,105)(H3,85,87,107)/t60-,61-,62+,63-,65-,67+,73?,74+,75-,82-,83-,84+/m0/s1. The second kappa shape index (κ2) is 38.3. The number of carbonyl (C=O) groups excluding carboxylic acids is 13. The Bertz CT molecular complexity index is 4230. The molecule has 3 aliphatic heterocycles. The zero-order valence-electron chi connectivity index (χ0n) is 65.5. The zero-order chi connectivity index (χ0) is 81.3. The van der Waals surface area contributed by atoms with Crippen LogP contribution in [0.25, 0.3) is 0 Å². The fraction of sp³-hybridized carbons (Fsp3) is 0.536. The summed E-state index contributed by atoms with van der Waals surface area (Å²) in [6.07, 6.45) is 9.54. The number of benzene rings is 3. The van der Waals surface area contributed by atoms with Gasteiger partial charge in [0.2, 0.25) is 41.2 Å². The molecule has 4 fully saturated rings. The lowest BCUT2D eigenvalue weighted by Gasteiger charge is -2.59. The molecule has 3 aromatic rings. The number of hydrogen-bond acceptors (Lipinski definition) is 18. The van der Waals surface area contributed by atoms with Crippen molar-refractivity contribution in [2.75, 3.05) is 63.6 Å². The summed E-state index contributed by atoms with van der Waals surface area (Å²) in [5.74, 6) is 1.08. The summed E-state index contributed by atoms with van der Waals surface area (Å²) >= 11 is 0. The van der Waals surface area contributed by atoms with E-state index in [1.165, 1.54) is 36.0 Å². The van der Waals surface area contributed by atoms with Gasteiger partial charge in [-0.15, -0.1) is 0 Å². The van der Waals surface area contributed by atoms with Crippen LogP contribution in [0, 0.1) is 46.3 Å². The highest BCUT2D eigenvalue weighted by Gasteiger charge is 2.76. The number of urea groups is 1. The highest BCUT2D eigenvalue weighted by Crippen LogP contribution is 2.70. The molecule has 3 heterocycles. The van der Waals surface area contributed by atoms with Crippen molar-refractivity contribution in [2.24, 2.45) is 40.2 Å². The minimum Gasteiger partial charge on any atom is -0.445 e. The SMILES string of the molecule is CCCC1O[C@@H]2C[C@H]3[C@@H]4CCC5=CC(=O)C=C[C@]5(C)[C@H]4[C@@H](O)C[C@]3(C)[C@]2(C(=O)COC(=O)N(C)CCN(C)C(=O)OCc2ccc(NC(=O)[C@H](CCCNC(N)=O)NC(=O)[C@@H](NC(=O)[C@@H](CCCCNC(=O)CCC(=O)N3Cc4ccccc4C#Cc4ccccc43)NC(=O)CCCCCN3C(=O)C=CC3=O)C(C)C)cc2)O1. The van der Waals surface area contributed by atoms with E-state index in [1.807, 2.05) is 68.5 Å². The van der Waals surface area contributed by atoms with Crippen LogP contribution in [0.5, 0.6) is 0 Å². The molecule has 113 heavy (non-hydrogen) atoms. The summed E-state index contributed by atoms with van der Waals surface area (Å²) in [5.41, 5.74) is 7.32. The summed E-state index contributed by atoms with van der Waals surface area (Å²) in [6, 6.07) is 16.9. The average Bonchev–Trinajstić information content (AvgIpc) is 1.52. The van der Waals surface area contributed by atoms with Gasteiger partial charge in [0.15, 0.2) is 24.3 Å². The second-order valence-electron chi connectivity index (χ2n) is 31.3. The van der Waals surface area contributed by atoms with Crippen molar-refractivity contribution in [1.82, 2.24) is 41.3 Å². The van der Waals surface area contributed by atoms with Gasteiger partial charge >= 0.3 is 18.2 Å². The van der Waals surface area contributed by atoms with Gasteiger partial charge in [-0.1, -0.05) is 113 Å². The van der Waals surface area contributed by atoms with Crippen LogP contribution in [0.15, 0.2) is 109 Å². The summed E-state index contributed by atoms with van der Waals surface area (Å²) in [4.78, 5) is 179. The predicted molar refractivity (Wildman–Crippen MR) is 416 cm³/mol. The number of unbranched alkanes of at least 4 members (excludes halogenated alkanes) is 3. The third-order valence-electron chi connectivity index (χ3n) is 23.2. The van der Waals surface area contributed by atoms with Crippen LogP contribution in [0.3, 0.4) is 0 Å². The highest BCUT2D eigenvalue weighted by atomic mass is 16.7. The number of para-hydroxylation sites is 1. The van der Waals surface area contributed by atoms with Gasteiger partial charge in [0.05, 0.1) is 24.4 Å². The molecule has 0 bridgehead atoms. The Hall–Kier alpha value is -10.6. The molecular weight excluding hydrogens is 1450 g/mol. The number of hydrogen-bond donors (Lipinski definition) is 8. The lowest BCUT2D eigenvalue weighted by atomic mass is 9.46. The molecule has 12 atom stereocenters. The molecule has 4 aliphatic carbocycles. The number of ether oxygens (including phenoxy) is 4. The van der Waals surface area contributed by atoms with E-state index in [2.05, 4.69) is 50.7 Å². The number of rotatable bonds is 36. The second-order valence-corrected chi connectivity index (χ2v) is 31.3. The molecule has 0 radical (unpaired) electrons. The van der Waals surface area contributed by atoms with Crippen molar-refractivity contribution in [2.45, 2.75) is 199 Å². The van der Waals surface area contributed by atoms with Crippen LogP contribution in [0.1, 0.15) is 166 Å². The number of aliphatic hydroxyl groups excluding tert-OH is 1. The predicted octanol–water partition coefficient (Wildman–Crippen LogP) is 7.06. The monoisotopic (exact) mass is 1560 g/mol. The Morgan fingerprint density at radius 1 is 0.726 bits per heavy atom. The van der Waals surface area contributed by atoms with Gasteiger partial charge in [0.1, 0.15) is 24.7 Å². The number of nitrogens with two attached hydrogens (primary N) is 1. The fourth-order valence-corrected chi connectivity index (χ4v) is 17.1. The van der Waals surface area contributed by atoms with Crippen molar-refractivity contribution in [3.05, 3.63) is 131 Å². The zero-order valence-corrected chi connectivity index (χ0v) is 65.5. The first-order valence-electron chi connectivity index (χ1n) is 39.4. The maximum atomic E-state index is 14.8. The van der Waals surface area contributed by atoms with Crippen LogP contribution >= 0.6 is 0 Å². The lowest BCUT2D eigenvalue weighted by Crippen LogP contribution is -2.63. The highest BCUT2D eigenvalue weighted by molar-refractivity contribution is 6.13. The summed E-state index contributed by atoms with van der Waals surface area (Å²) < 4.78 is 24.5. The number of nitrogens with zero attached hydrogens (tertiary/aromatic N) is 4. The van der Waals surface area contributed by atoms with Crippen LogP contribution in [0.4, 0.5) is 25.8 Å². The van der Waals surface area contributed by atoms with Gasteiger partial charge in [0.25, 0.3) is 11.8 Å². The van der Waals surface area contributed by atoms with Crippen LogP contribution < -0.4 is 42.5 Å². The third kappa shape index (κ3) is 20.5. The molecule has 606 valence electrons. The van der Waals surface area contributed by atoms with E-state index < -0.39 is 125 Å². The molecule has 0 aromatic heterocycles. The smallest absolute Gasteiger partial charge is 0.409 e. The Balaban J connectivity index is 0.692. The number of anilines is 2. The Morgan fingerprint density at radius 2 is 1.40 bits per heavy atom. The van der Waals surface area contributed by atoms with Gasteiger partial charge in [0, 0.05) is 112 Å². The number of primary amides is 1. The Morgan fingerprint density at radius 3 is 2.12 bits per heavy atom. The number of likely N-dealkylation sites (N-methyl/N-ethyl adjacent to an activating group) is 2. The molecule has 29 nitrogen and oxygen atoms in total. The lowest BCUT2D eigenvalue weighted by molar-refractivity contribution is -0.200. The van der Waals surface area contributed by atoms with E-state index in [4.69, 9.17) is 24.7 Å². The molecule has 3 saturated carbocycles. The van der Waals surface area contributed by atoms with Crippen molar-refractivity contribution in [1.29, 1.82) is 0 Å². The van der Waals surface area contributed by atoms with Gasteiger partial charge in [-0.05, 0) is 148 Å². The number of ketones is 2. The van der Waals surface area contributed by atoms with Crippen LogP contribution in [-0.2, 0) is 80.0 Å². The normalized spacial score (nSPS) is 23.6. The van der Waals surface area contributed by atoms with Crippen molar-refractivity contribution < 1.29 is 86.4 Å². The first-order chi connectivity index (χ1) is 54.0. The maximum absolute atomic E-state index is 14.8. The number of carbonyl (C=O) groups is 13. The van der Waals surface area contributed by atoms with Gasteiger partial charge in [-0.2, -0.15) is 0 Å². The number of Topliss-reactive ketones (excluding diaryl/α,β-unsaturated/α-hetero) is 1. The molecule has 1 saturated heterocycles. The van der Waals surface area contributed by atoms with E-state index in [-0.39, 0.29) is 126 Å². The number of allylic oxidation sites excluding steroid dienone is 4. The van der Waals surface area contributed by atoms with Gasteiger partial charge in [-0.3, -0.25) is 52.8 Å². The number of fused-ring (bicyclic) bond motifs is 9. The van der Waals surface area contributed by atoms with Gasteiger partial charge in [-0.25, -0.2) is 14.4 Å². The van der Waals surface area contributed by atoms with E-state index in [1.54, 1.807) is 55.2 Å². The number of nitrogens with one attached hydrogen (secondary N) is 6. The molecule has 7 aliphatic rings. The largest absolute Gasteiger partial charge is 0.445 e. The summed E-state index contributed by atoms with van der Waals surface area (Å²) in [5, 5.41) is 28.6. The quantitative estimate of drug-likeness (QED) is 0.0164. The van der Waals surface area contributed by atoms with E-state index in [0.717, 1.165) is 34.4 Å². The summed E-state index contributed by atoms with van der Waals surface area (Å²) in [6.45, 7) is 9.37. The maximum Gasteiger partial charge on any atom is 0.409 e. The van der Waals surface area contributed by atoms with Gasteiger partial charge < -0.3 is 76.4 Å². The van der Waals surface area contributed by atoms with Crippen molar-refractivity contribution in [3.63, 3.8) is 0 Å².